The number of carbonyl (C=O) groups excluding carboxylic acids is 1. The van der Waals surface area contributed by atoms with E-state index in [1.165, 1.54) is 11.3 Å². The molecule has 3 rings (SSSR count). The van der Waals surface area contributed by atoms with Crippen molar-refractivity contribution in [1.82, 2.24) is 4.90 Å². The van der Waals surface area contributed by atoms with Crippen LogP contribution in [0.1, 0.15) is 25.8 Å². The molecule has 0 saturated carbocycles. The standard InChI is InChI=1S/C17H24N2O2/c1-12-11-19(8-5-9-21-12)17(20)15-10-14-6-3-4-7-16(14)18-13(15)2/h3-4,6-7,12-13,15,18H,5,8-11H2,1-2H3. The first-order chi connectivity index (χ1) is 10.1. The Bertz CT molecular complexity index is 517. The third-order valence-electron chi connectivity index (χ3n) is 4.53. The first kappa shape index (κ1) is 14.4. The molecule has 0 radical (unpaired) electrons. The van der Waals surface area contributed by atoms with Gasteiger partial charge in [-0.3, -0.25) is 4.79 Å². The summed E-state index contributed by atoms with van der Waals surface area (Å²) in [6, 6.07) is 8.46. The van der Waals surface area contributed by atoms with Crippen LogP contribution in [0.15, 0.2) is 24.3 Å². The molecule has 1 N–H and O–H groups in total. The van der Waals surface area contributed by atoms with Crippen LogP contribution in [-0.4, -0.2) is 42.6 Å². The van der Waals surface area contributed by atoms with Gasteiger partial charge in [-0.2, -0.15) is 0 Å². The van der Waals surface area contributed by atoms with Gasteiger partial charge in [0.05, 0.1) is 12.0 Å². The third-order valence-corrected chi connectivity index (χ3v) is 4.53. The lowest BCUT2D eigenvalue weighted by Crippen LogP contribution is -2.47. The summed E-state index contributed by atoms with van der Waals surface area (Å²) in [7, 11) is 0. The Morgan fingerprint density at radius 3 is 3.00 bits per heavy atom. The Labute approximate surface area is 126 Å². The fourth-order valence-electron chi connectivity index (χ4n) is 3.33. The number of hydrogen-bond donors (Lipinski definition) is 1. The number of para-hydroxylation sites is 1. The van der Waals surface area contributed by atoms with Gasteiger partial charge in [0.1, 0.15) is 0 Å². The van der Waals surface area contributed by atoms with E-state index in [0.29, 0.717) is 6.54 Å². The molecule has 3 atom stereocenters. The van der Waals surface area contributed by atoms with E-state index in [1.807, 2.05) is 24.0 Å². The van der Waals surface area contributed by atoms with Crippen LogP contribution in [0.4, 0.5) is 5.69 Å². The van der Waals surface area contributed by atoms with Crippen molar-refractivity contribution >= 4 is 11.6 Å². The lowest BCUT2D eigenvalue weighted by Gasteiger charge is -2.35. The van der Waals surface area contributed by atoms with Gasteiger partial charge < -0.3 is 15.0 Å². The summed E-state index contributed by atoms with van der Waals surface area (Å²) >= 11 is 0. The predicted molar refractivity (Wildman–Crippen MR) is 83.3 cm³/mol. The molecule has 2 aliphatic rings. The molecule has 4 nitrogen and oxygen atoms in total. The molecule has 0 spiro atoms. The van der Waals surface area contributed by atoms with Gasteiger partial charge in [0.2, 0.25) is 5.91 Å². The van der Waals surface area contributed by atoms with Gasteiger partial charge in [-0.1, -0.05) is 18.2 Å². The molecule has 0 aliphatic carbocycles. The fourth-order valence-corrected chi connectivity index (χ4v) is 3.33. The molecular weight excluding hydrogens is 264 g/mol. The van der Waals surface area contributed by atoms with Crippen LogP contribution in [0.5, 0.6) is 0 Å². The first-order valence-electron chi connectivity index (χ1n) is 7.90. The van der Waals surface area contributed by atoms with E-state index in [-0.39, 0.29) is 24.0 Å². The predicted octanol–water partition coefficient (Wildman–Crippen LogP) is 2.30. The fraction of sp³-hybridized carbons (Fsp3) is 0.588. The minimum absolute atomic E-state index is 0.0187. The number of nitrogens with one attached hydrogen (secondary N) is 1. The highest BCUT2D eigenvalue weighted by Gasteiger charge is 2.34. The highest BCUT2D eigenvalue weighted by atomic mass is 16.5. The van der Waals surface area contributed by atoms with Gasteiger partial charge in [0, 0.05) is 31.4 Å². The van der Waals surface area contributed by atoms with Crippen LogP contribution >= 0.6 is 0 Å². The molecule has 1 fully saturated rings. The number of hydrogen-bond acceptors (Lipinski definition) is 3. The van der Waals surface area contributed by atoms with E-state index in [4.69, 9.17) is 4.74 Å². The van der Waals surface area contributed by atoms with Crippen molar-refractivity contribution in [3.63, 3.8) is 0 Å². The maximum absolute atomic E-state index is 12.9. The quantitative estimate of drug-likeness (QED) is 0.862. The van der Waals surface area contributed by atoms with Crippen LogP contribution in [0.3, 0.4) is 0 Å². The average molecular weight is 288 g/mol. The van der Waals surface area contributed by atoms with Crippen molar-refractivity contribution < 1.29 is 9.53 Å². The highest BCUT2D eigenvalue weighted by molar-refractivity contribution is 5.81. The smallest absolute Gasteiger partial charge is 0.228 e. The molecule has 114 valence electrons. The number of rotatable bonds is 1. The van der Waals surface area contributed by atoms with Crippen molar-refractivity contribution in [3.05, 3.63) is 29.8 Å². The Morgan fingerprint density at radius 2 is 2.14 bits per heavy atom. The molecule has 21 heavy (non-hydrogen) atoms. The monoisotopic (exact) mass is 288 g/mol. The number of carbonyl (C=O) groups is 1. The van der Waals surface area contributed by atoms with Crippen molar-refractivity contribution in [2.24, 2.45) is 5.92 Å². The zero-order valence-corrected chi connectivity index (χ0v) is 12.8. The summed E-state index contributed by atoms with van der Waals surface area (Å²) in [4.78, 5) is 14.9. The Balaban J connectivity index is 1.75. The van der Waals surface area contributed by atoms with Gasteiger partial charge in [-0.05, 0) is 38.3 Å². The highest BCUT2D eigenvalue weighted by Crippen LogP contribution is 2.29. The summed E-state index contributed by atoms with van der Waals surface area (Å²) < 4.78 is 5.64. The molecule has 1 amide bonds. The minimum Gasteiger partial charge on any atom is -0.382 e. The van der Waals surface area contributed by atoms with Crippen LogP contribution in [0.25, 0.3) is 0 Å². The van der Waals surface area contributed by atoms with Crippen molar-refractivity contribution in [2.75, 3.05) is 25.0 Å². The number of anilines is 1. The van der Waals surface area contributed by atoms with Gasteiger partial charge in [-0.15, -0.1) is 0 Å². The van der Waals surface area contributed by atoms with Crippen LogP contribution in [-0.2, 0) is 16.0 Å². The number of benzene rings is 1. The summed E-state index contributed by atoms with van der Waals surface area (Å²) in [6.07, 6.45) is 1.89. The van der Waals surface area contributed by atoms with Crippen LogP contribution < -0.4 is 5.32 Å². The summed E-state index contributed by atoms with van der Waals surface area (Å²) in [5.41, 5.74) is 2.41. The van der Waals surface area contributed by atoms with E-state index < -0.39 is 0 Å². The second kappa shape index (κ2) is 6.06. The van der Waals surface area contributed by atoms with E-state index in [1.54, 1.807) is 0 Å². The normalized spacial score (nSPS) is 29.2. The molecule has 1 aromatic carbocycles. The van der Waals surface area contributed by atoms with Crippen molar-refractivity contribution in [3.8, 4) is 0 Å². The maximum atomic E-state index is 12.9. The van der Waals surface area contributed by atoms with Gasteiger partial charge in [-0.25, -0.2) is 0 Å². The summed E-state index contributed by atoms with van der Waals surface area (Å²) in [5.74, 6) is 0.284. The number of fused-ring (bicyclic) bond motifs is 1. The zero-order chi connectivity index (χ0) is 14.8. The second-order valence-electron chi connectivity index (χ2n) is 6.22. The first-order valence-corrected chi connectivity index (χ1v) is 7.90. The molecule has 1 saturated heterocycles. The van der Waals surface area contributed by atoms with E-state index in [2.05, 4.69) is 24.4 Å². The summed E-state index contributed by atoms with van der Waals surface area (Å²) in [6.45, 7) is 6.43. The number of amides is 1. The van der Waals surface area contributed by atoms with Crippen LogP contribution in [0, 0.1) is 5.92 Å². The Morgan fingerprint density at radius 1 is 1.33 bits per heavy atom. The van der Waals surface area contributed by atoms with E-state index >= 15 is 0 Å². The zero-order valence-electron chi connectivity index (χ0n) is 12.8. The summed E-state index contributed by atoms with van der Waals surface area (Å²) in [5, 5.41) is 3.48. The maximum Gasteiger partial charge on any atom is 0.228 e. The van der Waals surface area contributed by atoms with Gasteiger partial charge >= 0.3 is 0 Å². The largest absolute Gasteiger partial charge is 0.382 e. The van der Waals surface area contributed by atoms with Gasteiger partial charge in [0.15, 0.2) is 0 Å². The number of nitrogens with zero attached hydrogens (tertiary/aromatic N) is 1. The third kappa shape index (κ3) is 3.05. The topological polar surface area (TPSA) is 41.6 Å². The molecule has 2 heterocycles. The van der Waals surface area contributed by atoms with Crippen molar-refractivity contribution in [1.29, 1.82) is 0 Å². The molecular formula is C17H24N2O2. The Kier molecular flexibility index (Phi) is 4.15. The molecule has 2 aliphatic heterocycles. The molecule has 0 aromatic heterocycles. The Hall–Kier alpha value is -1.55. The average Bonchev–Trinajstić information content (AvgIpc) is 2.70. The lowest BCUT2D eigenvalue weighted by molar-refractivity contribution is -0.136. The molecule has 0 bridgehead atoms. The molecule has 1 aromatic rings. The molecule has 4 heteroatoms. The van der Waals surface area contributed by atoms with Gasteiger partial charge in [0.25, 0.3) is 0 Å². The minimum atomic E-state index is 0.0187. The lowest BCUT2D eigenvalue weighted by atomic mass is 9.87. The SMILES string of the molecule is CC1CN(C(=O)C2Cc3ccccc3NC2C)CCCO1. The van der Waals surface area contributed by atoms with Crippen LogP contribution in [0.2, 0.25) is 0 Å². The van der Waals surface area contributed by atoms with Crippen molar-refractivity contribution in [2.45, 2.75) is 38.8 Å². The molecule has 3 unspecified atom stereocenters. The van der Waals surface area contributed by atoms with E-state index in [9.17, 15) is 4.79 Å². The van der Waals surface area contributed by atoms with E-state index in [0.717, 1.165) is 26.0 Å². The number of ether oxygens (including phenoxy) is 1. The second-order valence-corrected chi connectivity index (χ2v) is 6.22.